The van der Waals surface area contributed by atoms with Crippen molar-refractivity contribution in [3.63, 3.8) is 0 Å². The summed E-state index contributed by atoms with van der Waals surface area (Å²) >= 11 is 0. The van der Waals surface area contributed by atoms with Gasteiger partial charge in [0.2, 0.25) is 0 Å². The summed E-state index contributed by atoms with van der Waals surface area (Å²) in [5, 5.41) is 45.3. The molecule has 5 saturated carbocycles. The molecule has 0 amide bonds. The van der Waals surface area contributed by atoms with Gasteiger partial charge in [-0.05, 0) is 87.9 Å². The van der Waals surface area contributed by atoms with Gasteiger partial charge in [0.05, 0.1) is 47.8 Å². The van der Waals surface area contributed by atoms with Crippen molar-refractivity contribution in [1.82, 2.24) is 0 Å². The maximum atomic E-state index is 11.9. The van der Waals surface area contributed by atoms with Crippen LogP contribution in [0.15, 0.2) is 0 Å². The van der Waals surface area contributed by atoms with E-state index in [1.165, 1.54) is 0 Å². The Morgan fingerprint density at radius 3 is 2.16 bits per heavy atom. The first-order valence-corrected chi connectivity index (χ1v) is 15.1. The van der Waals surface area contributed by atoms with Gasteiger partial charge < -0.3 is 29.9 Å². The van der Waals surface area contributed by atoms with Crippen LogP contribution in [0.2, 0.25) is 0 Å². The molecule has 2 heterocycles. The third kappa shape index (κ3) is 2.66. The van der Waals surface area contributed by atoms with Crippen LogP contribution in [-0.4, -0.2) is 68.3 Å². The first kappa shape index (κ1) is 25.7. The van der Waals surface area contributed by atoms with E-state index in [4.69, 9.17) is 9.47 Å². The standard InChI is InChI=1S/C31H50O6/c1-25(2)14-16(32)12-21-31-22(25)17(33)13-19-28(6)15-18(34)23(29(7)9-8-20(37-29)26(3,4)35)27(28,5)10-11-30(19,31)24(31)36-21/h16-24,32-35H,8-15H2,1-7H3/t16?,17-,18-,19-,20-,21-,22?,23-,24-,27+,28-,29+,30+,31-/m0/s1. The highest BCUT2D eigenvalue weighted by molar-refractivity contribution is 5.42. The summed E-state index contributed by atoms with van der Waals surface area (Å²) in [4.78, 5) is 0. The lowest BCUT2D eigenvalue weighted by Crippen LogP contribution is -2.61. The number of aliphatic hydroxyl groups excluding tert-OH is 3. The van der Waals surface area contributed by atoms with Gasteiger partial charge in [-0.25, -0.2) is 0 Å². The second-order valence-corrected chi connectivity index (χ2v) is 16.6. The molecule has 2 aliphatic heterocycles. The number of fused-ring (bicyclic) bond motifs is 2. The number of hydrogen-bond donors (Lipinski definition) is 4. The lowest BCUT2D eigenvalue weighted by Gasteiger charge is -2.62. The second-order valence-electron chi connectivity index (χ2n) is 16.6. The van der Waals surface area contributed by atoms with Gasteiger partial charge in [-0.1, -0.05) is 27.7 Å². The normalized spacial score (nSPS) is 63.5. The first-order chi connectivity index (χ1) is 17.0. The molecule has 2 unspecified atom stereocenters. The molecule has 0 radical (unpaired) electrons. The van der Waals surface area contributed by atoms with Crippen LogP contribution in [0.5, 0.6) is 0 Å². The van der Waals surface area contributed by atoms with E-state index in [0.717, 1.165) is 44.9 Å². The summed E-state index contributed by atoms with van der Waals surface area (Å²) in [7, 11) is 0. The Kier molecular flexibility index (Phi) is 4.84. The van der Waals surface area contributed by atoms with E-state index in [1.807, 2.05) is 13.8 Å². The van der Waals surface area contributed by atoms with Gasteiger partial charge in [-0.15, -0.1) is 0 Å². The van der Waals surface area contributed by atoms with Crippen LogP contribution in [0, 0.1) is 44.8 Å². The SMILES string of the molecule is CC1(C)CC(O)C[C@@H]2O[C@H]3[C@@]45CC[C@]6(C)[C@@H]([C@@]7(C)CC[C@@H](C(C)(C)O)O7)[C@@H](O)C[C@@]6(C)[C@@H]4C[C@H](O)C1[C@@]235. The van der Waals surface area contributed by atoms with E-state index in [0.29, 0.717) is 6.42 Å². The van der Waals surface area contributed by atoms with Crippen LogP contribution in [-0.2, 0) is 9.47 Å². The molecule has 6 nitrogen and oxygen atoms in total. The average Bonchev–Trinajstić information content (AvgIpc) is 2.96. The smallest absolute Gasteiger partial charge is 0.0865 e. The van der Waals surface area contributed by atoms with E-state index in [1.54, 1.807) is 0 Å². The third-order valence-corrected chi connectivity index (χ3v) is 14.1. The van der Waals surface area contributed by atoms with Crippen molar-refractivity contribution in [3.8, 4) is 0 Å². The fourth-order valence-electron chi connectivity index (χ4n) is 13.0. The Labute approximate surface area is 222 Å². The zero-order chi connectivity index (χ0) is 26.8. The highest BCUT2D eigenvalue weighted by atomic mass is 16.5. The lowest BCUT2D eigenvalue weighted by atomic mass is 9.42. The molecule has 6 heteroatoms. The van der Waals surface area contributed by atoms with Crippen molar-refractivity contribution < 1.29 is 29.9 Å². The van der Waals surface area contributed by atoms with Gasteiger partial charge in [0.25, 0.3) is 0 Å². The van der Waals surface area contributed by atoms with E-state index in [2.05, 4.69) is 34.6 Å². The number of rotatable bonds is 2. The first-order valence-electron chi connectivity index (χ1n) is 15.1. The van der Waals surface area contributed by atoms with Crippen molar-refractivity contribution in [1.29, 1.82) is 0 Å². The molecule has 7 rings (SSSR count). The van der Waals surface area contributed by atoms with Crippen LogP contribution in [0.25, 0.3) is 0 Å². The summed E-state index contributed by atoms with van der Waals surface area (Å²) < 4.78 is 13.3. The predicted octanol–water partition coefficient (Wildman–Crippen LogP) is 3.81. The second kappa shape index (κ2) is 6.97. The Hall–Kier alpha value is -0.240. The quantitative estimate of drug-likeness (QED) is 0.444. The maximum absolute atomic E-state index is 11.9. The molecule has 210 valence electrons. The molecule has 4 N–H and O–H groups in total. The lowest BCUT2D eigenvalue weighted by molar-refractivity contribution is -0.213. The van der Waals surface area contributed by atoms with E-state index < -0.39 is 23.4 Å². The molecule has 0 aromatic heterocycles. The number of hydrogen-bond acceptors (Lipinski definition) is 6. The molecule has 37 heavy (non-hydrogen) atoms. The fraction of sp³-hybridized carbons (Fsp3) is 1.00. The summed E-state index contributed by atoms with van der Waals surface area (Å²) in [6.07, 6.45) is 5.35. The minimum absolute atomic E-state index is 0.0115. The highest BCUT2D eigenvalue weighted by Gasteiger charge is 2.96. The average molecular weight is 519 g/mol. The van der Waals surface area contributed by atoms with Crippen molar-refractivity contribution in [3.05, 3.63) is 0 Å². The molecular formula is C31H50O6. The summed E-state index contributed by atoms with van der Waals surface area (Å²) in [5.74, 6) is 0.416. The van der Waals surface area contributed by atoms with Gasteiger partial charge in [-0.3, -0.25) is 0 Å². The molecule has 7 fully saturated rings. The van der Waals surface area contributed by atoms with Gasteiger partial charge in [0.15, 0.2) is 0 Å². The van der Waals surface area contributed by atoms with Crippen LogP contribution >= 0.6 is 0 Å². The zero-order valence-corrected chi connectivity index (χ0v) is 24.0. The molecule has 0 aromatic carbocycles. The molecular weight excluding hydrogens is 468 g/mol. The Morgan fingerprint density at radius 1 is 0.811 bits per heavy atom. The maximum Gasteiger partial charge on any atom is 0.0865 e. The molecule has 2 saturated heterocycles. The Balaban J connectivity index is 1.28. The molecule has 5 aliphatic carbocycles. The summed E-state index contributed by atoms with van der Waals surface area (Å²) in [5.41, 5.74) is -1.80. The Morgan fingerprint density at radius 2 is 1.51 bits per heavy atom. The molecule has 2 spiro atoms. The molecule has 7 aliphatic rings. The van der Waals surface area contributed by atoms with Gasteiger partial charge >= 0.3 is 0 Å². The monoisotopic (exact) mass is 518 g/mol. The van der Waals surface area contributed by atoms with Crippen molar-refractivity contribution in [2.45, 2.75) is 148 Å². The van der Waals surface area contributed by atoms with Crippen LogP contribution in [0.4, 0.5) is 0 Å². The number of aliphatic hydroxyl groups is 4. The summed E-state index contributed by atoms with van der Waals surface area (Å²) in [6, 6.07) is 0. The van der Waals surface area contributed by atoms with Crippen LogP contribution in [0.3, 0.4) is 0 Å². The minimum atomic E-state index is -0.903. The van der Waals surface area contributed by atoms with E-state index in [-0.39, 0.29) is 69.2 Å². The van der Waals surface area contributed by atoms with Crippen molar-refractivity contribution in [2.24, 2.45) is 44.8 Å². The minimum Gasteiger partial charge on any atom is -0.393 e. The molecule has 14 atom stereocenters. The molecule has 0 aromatic rings. The van der Waals surface area contributed by atoms with Gasteiger partial charge in [0.1, 0.15) is 0 Å². The molecule has 0 bridgehead atoms. The highest BCUT2D eigenvalue weighted by Crippen LogP contribution is 2.93. The number of ether oxygens (including phenoxy) is 2. The zero-order valence-electron chi connectivity index (χ0n) is 24.0. The van der Waals surface area contributed by atoms with Crippen molar-refractivity contribution in [2.75, 3.05) is 0 Å². The largest absolute Gasteiger partial charge is 0.393 e. The van der Waals surface area contributed by atoms with E-state index >= 15 is 0 Å². The predicted molar refractivity (Wildman–Crippen MR) is 139 cm³/mol. The van der Waals surface area contributed by atoms with E-state index in [9.17, 15) is 20.4 Å². The van der Waals surface area contributed by atoms with Gasteiger partial charge in [-0.2, -0.15) is 0 Å². The fourth-order valence-corrected chi connectivity index (χ4v) is 13.0. The van der Waals surface area contributed by atoms with Crippen LogP contribution < -0.4 is 0 Å². The third-order valence-electron chi connectivity index (χ3n) is 14.1. The van der Waals surface area contributed by atoms with Crippen molar-refractivity contribution >= 4 is 0 Å². The van der Waals surface area contributed by atoms with Gasteiger partial charge in [0, 0.05) is 29.1 Å². The Bertz CT molecular complexity index is 1010. The van der Waals surface area contributed by atoms with Crippen LogP contribution in [0.1, 0.15) is 99.8 Å². The topological polar surface area (TPSA) is 99.4 Å². The summed E-state index contributed by atoms with van der Waals surface area (Å²) in [6.45, 7) is 15.1.